The number of ether oxygens (including phenoxy) is 2. The first-order valence-electron chi connectivity index (χ1n) is 8.06. The lowest BCUT2D eigenvalue weighted by molar-refractivity contribution is 0.174. The third-order valence-electron chi connectivity index (χ3n) is 3.50. The Hall–Kier alpha value is -1.55. The van der Waals surface area contributed by atoms with Crippen molar-refractivity contribution in [3.63, 3.8) is 0 Å². The summed E-state index contributed by atoms with van der Waals surface area (Å²) in [5, 5.41) is 7.76. The number of hydrogen-bond acceptors (Lipinski definition) is 5. The number of fused-ring (bicyclic) bond motifs is 1. The Morgan fingerprint density at radius 3 is 2.88 bits per heavy atom. The van der Waals surface area contributed by atoms with Crippen LogP contribution < -0.4 is 20.1 Å². The van der Waals surface area contributed by atoms with E-state index in [4.69, 9.17) is 9.47 Å². The third-order valence-corrected chi connectivity index (χ3v) is 4.47. The summed E-state index contributed by atoms with van der Waals surface area (Å²) >= 11 is 1.74. The number of nitrogens with one attached hydrogen (secondary N) is 2. The maximum atomic E-state index is 5.40. The molecule has 1 aromatic carbocycles. The van der Waals surface area contributed by atoms with Crippen LogP contribution in [0.25, 0.3) is 0 Å². The standard InChI is InChI=1S/C17H22N4O2S.HI/c1-3-18-17(19-7-6-16-20-9-12(2)24-16)21-10-13-4-5-14-15(8-13)23-11-22-14;/h4-5,8-9H,3,6-7,10-11H2,1-2H3,(H2,18,19,21);1H. The highest BCUT2D eigenvalue weighted by Crippen LogP contribution is 2.32. The van der Waals surface area contributed by atoms with Crippen LogP contribution in [0, 0.1) is 6.92 Å². The first-order chi connectivity index (χ1) is 11.7. The SMILES string of the molecule is CCNC(=NCc1ccc2c(c1)OCO2)NCCc1ncc(C)s1.I. The molecule has 0 amide bonds. The number of halogens is 1. The van der Waals surface area contributed by atoms with Crippen molar-refractivity contribution in [1.29, 1.82) is 0 Å². The average Bonchev–Trinajstić information content (AvgIpc) is 3.20. The van der Waals surface area contributed by atoms with Crippen LogP contribution in [0.1, 0.15) is 22.4 Å². The van der Waals surface area contributed by atoms with E-state index >= 15 is 0 Å². The Bertz CT molecular complexity index is 720. The average molecular weight is 474 g/mol. The van der Waals surface area contributed by atoms with E-state index in [1.54, 1.807) is 11.3 Å². The number of thiazole rings is 1. The summed E-state index contributed by atoms with van der Waals surface area (Å²) in [6.07, 6.45) is 2.81. The minimum Gasteiger partial charge on any atom is -0.454 e. The van der Waals surface area contributed by atoms with Crippen molar-refractivity contribution < 1.29 is 9.47 Å². The van der Waals surface area contributed by atoms with Gasteiger partial charge in [0.1, 0.15) is 0 Å². The molecule has 0 bridgehead atoms. The van der Waals surface area contributed by atoms with Crippen LogP contribution in [-0.4, -0.2) is 30.8 Å². The van der Waals surface area contributed by atoms with Gasteiger partial charge in [-0.2, -0.15) is 0 Å². The quantitative estimate of drug-likeness (QED) is 0.383. The van der Waals surface area contributed by atoms with Gasteiger partial charge in [0.25, 0.3) is 0 Å². The lowest BCUT2D eigenvalue weighted by atomic mass is 10.2. The summed E-state index contributed by atoms with van der Waals surface area (Å²) in [7, 11) is 0. The zero-order valence-corrected chi connectivity index (χ0v) is 17.5. The second-order valence-corrected chi connectivity index (χ2v) is 6.74. The van der Waals surface area contributed by atoms with Crippen molar-refractivity contribution in [1.82, 2.24) is 15.6 Å². The van der Waals surface area contributed by atoms with E-state index in [0.29, 0.717) is 13.3 Å². The van der Waals surface area contributed by atoms with Crippen LogP contribution in [0.4, 0.5) is 0 Å². The van der Waals surface area contributed by atoms with Gasteiger partial charge in [-0.05, 0) is 31.5 Å². The van der Waals surface area contributed by atoms with Gasteiger partial charge in [-0.25, -0.2) is 9.98 Å². The summed E-state index contributed by atoms with van der Waals surface area (Å²) in [6.45, 7) is 6.64. The van der Waals surface area contributed by atoms with Crippen LogP contribution in [0.5, 0.6) is 11.5 Å². The fourth-order valence-electron chi connectivity index (χ4n) is 2.36. The number of benzene rings is 1. The molecule has 3 rings (SSSR count). The largest absolute Gasteiger partial charge is 0.454 e. The minimum absolute atomic E-state index is 0. The summed E-state index contributed by atoms with van der Waals surface area (Å²) in [5.41, 5.74) is 1.09. The van der Waals surface area contributed by atoms with Crippen molar-refractivity contribution in [2.24, 2.45) is 4.99 Å². The van der Waals surface area contributed by atoms with Gasteiger partial charge < -0.3 is 20.1 Å². The molecule has 0 atom stereocenters. The normalized spacial score (nSPS) is 12.6. The molecule has 0 saturated carbocycles. The predicted octanol–water partition coefficient (Wildman–Crippen LogP) is 3.10. The maximum absolute atomic E-state index is 5.40. The molecule has 8 heteroatoms. The Morgan fingerprint density at radius 2 is 2.12 bits per heavy atom. The smallest absolute Gasteiger partial charge is 0.231 e. The van der Waals surface area contributed by atoms with Gasteiger partial charge in [-0.1, -0.05) is 6.07 Å². The summed E-state index contributed by atoms with van der Waals surface area (Å²) in [4.78, 5) is 10.2. The Balaban J connectivity index is 0.00000225. The molecule has 0 aliphatic carbocycles. The van der Waals surface area contributed by atoms with Gasteiger partial charge in [0.15, 0.2) is 17.5 Å². The van der Waals surface area contributed by atoms with Crippen molar-refractivity contribution in [2.75, 3.05) is 19.9 Å². The Labute approximate surface area is 169 Å². The van der Waals surface area contributed by atoms with E-state index in [-0.39, 0.29) is 24.0 Å². The van der Waals surface area contributed by atoms with Gasteiger partial charge in [0, 0.05) is 30.6 Å². The first-order valence-corrected chi connectivity index (χ1v) is 8.88. The highest BCUT2D eigenvalue weighted by Gasteiger charge is 2.12. The van der Waals surface area contributed by atoms with Crippen molar-refractivity contribution in [3.05, 3.63) is 39.8 Å². The molecule has 6 nitrogen and oxygen atoms in total. The minimum atomic E-state index is 0. The molecule has 0 saturated heterocycles. The van der Waals surface area contributed by atoms with E-state index in [2.05, 4.69) is 34.5 Å². The number of aliphatic imine (C=N–C) groups is 1. The zero-order valence-electron chi connectivity index (χ0n) is 14.4. The van der Waals surface area contributed by atoms with Gasteiger partial charge in [0.05, 0.1) is 11.6 Å². The molecule has 0 radical (unpaired) electrons. The van der Waals surface area contributed by atoms with Crippen LogP contribution in [0.3, 0.4) is 0 Å². The summed E-state index contributed by atoms with van der Waals surface area (Å²) in [6, 6.07) is 5.92. The van der Waals surface area contributed by atoms with E-state index in [1.165, 1.54) is 4.88 Å². The van der Waals surface area contributed by atoms with Crippen LogP contribution in [0.2, 0.25) is 0 Å². The fraction of sp³-hybridized carbons (Fsp3) is 0.412. The fourth-order valence-corrected chi connectivity index (χ4v) is 3.14. The molecule has 2 heterocycles. The number of aromatic nitrogens is 1. The predicted molar refractivity (Wildman–Crippen MR) is 111 cm³/mol. The summed E-state index contributed by atoms with van der Waals surface area (Å²) < 4.78 is 10.7. The topological polar surface area (TPSA) is 67.8 Å². The van der Waals surface area contributed by atoms with Crippen molar-refractivity contribution >= 4 is 41.3 Å². The molecule has 0 unspecified atom stereocenters. The van der Waals surface area contributed by atoms with Crippen molar-refractivity contribution in [2.45, 2.75) is 26.8 Å². The Morgan fingerprint density at radius 1 is 1.28 bits per heavy atom. The van der Waals surface area contributed by atoms with Crippen LogP contribution in [0.15, 0.2) is 29.4 Å². The van der Waals surface area contributed by atoms with Gasteiger partial charge in [-0.15, -0.1) is 35.3 Å². The third kappa shape index (κ3) is 5.74. The molecule has 0 spiro atoms. The molecule has 1 aliphatic heterocycles. The van der Waals surface area contributed by atoms with Crippen LogP contribution in [-0.2, 0) is 13.0 Å². The van der Waals surface area contributed by atoms with Gasteiger partial charge >= 0.3 is 0 Å². The lowest BCUT2D eigenvalue weighted by Crippen LogP contribution is -2.38. The van der Waals surface area contributed by atoms with E-state index in [0.717, 1.165) is 47.5 Å². The zero-order chi connectivity index (χ0) is 16.8. The monoisotopic (exact) mass is 474 g/mol. The van der Waals surface area contributed by atoms with E-state index in [1.807, 2.05) is 24.4 Å². The molecule has 2 N–H and O–H groups in total. The highest BCUT2D eigenvalue weighted by molar-refractivity contribution is 14.0. The van der Waals surface area contributed by atoms with Crippen LogP contribution >= 0.6 is 35.3 Å². The molecular weight excluding hydrogens is 451 g/mol. The molecule has 1 aromatic heterocycles. The number of nitrogens with zero attached hydrogens (tertiary/aromatic N) is 2. The maximum Gasteiger partial charge on any atom is 0.231 e. The highest BCUT2D eigenvalue weighted by atomic mass is 127. The van der Waals surface area contributed by atoms with Gasteiger partial charge in [-0.3, -0.25) is 0 Å². The molecule has 0 fully saturated rings. The lowest BCUT2D eigenvalue weighted by Gasteiger charge is -2.10. The first kappa shape index (κ1) is 19.8. The molecule has 25 heavy (non-hydrogen) atoms. The molecule has 2 aromatic rings. The molecular formula is C17H23IN4O2S. The number of rotatable bonds is 6. The summed E-state index contributed by atoms with van der Waals surface area (Å²) in [5.74, 6) is 2.40. The molecule has 136 valence electrons. The Kier molecular flexibility index (Phi) is 7.76. The molecule has 1 aliphatic rings. The number of aryl methyl sites for hydroxylation is 1. The van der Waals surface area contributed by atoms with Crippen molar-refractivity contribution in [3.8, 4) is 11.5 Å². The van der Waals surface area contributed by atoms with Gasteiger partial charge in [0.2, 0.25) is 6.79 Å². The number of guanidine groups is 1. The van der Waals surface area contributed by atoms with E-state index < -0.39 is 0 Å². The second kappa shape index (κ2) is 9.81. The number of hydrogen-bond donors (Lipinski definition) is 2. The van der Waals surface area contributed by atoms with E-state index in [9.17, 15) is 0 Å². The second-order valence-electron chi connectivity index (χ2n) is 5.42.